The summed E-state index contributed by atoms with van der Waals surface area (Å²) in [5.74, 6) is 0.280. The number of carbonyl (C=O) groups excluding carboxylic acids is 1. The molecule has 3 heteroatoms. The molecule has 1 aromatic carbocycles. The minimum Gasteiger partial charge on any atom is -0.468 e. The van der Waals surface area contributed by atoms with Crippen LogP contribution in [0.15, 0.2) is 24.3 Å². The van der Waals surface area contributed by atoms with Gasteiger partial charge in [-0.2, -0.15) is 0 Å². The fourth-order valence-corrected chi connectivity index (χ4v) is 4.11. The third kappa shape index (κ3) is 1.72. The quantitative estimate of drug-likeness (QED) is 0.858. The van der Waals surface area contributed by atoms with Gasteiger partial charge in [0.15, 0.2) is 0 Å². The van der Waals surface area contributed by atoms with Gasteiger partial charge in [0, 0.05) is 0 Å². The van der Waals surface area contributed by atoms with Gasteiger partial charge in [-0.1, -0.05) is 38.1 Å². The van der Waals surface area contributed by atoms with Crippen LogP contribution in [0.3, 0.4) is 0 Å². The molecule has 3 saturated carbocycles. The highest BCUT2D eigenvalue weighted by Gasteiger charge is 2.71. The van der Waals surface area contributed by atoms with Gasteiger partial charge < -0.3 is 10.5 Å². The maximum absolute atomic E-state index is 11.6. The predicted octanol–water partition coefficient (Wildman–Crippen LogP) is 2.73. The van der Waals surface area contributed by atoms with E-state index in [1.807, 2.05) is 0 Å². The molecular weight excluding hydrogens is 250 g/mol. The number of benzene rings is 1. The van der Waals surface area contributed by atoms with Gasteiger partial charge in [-0.15, -0.1) is 0 Å². The zero-order valence-corrected chi connectivity index (χ0v) is 12.5. The van der Waals surface area contributed by atoms with Crippen molar-refractivity contribution < 1.29 is 9.53 Å². The standard InChI is InChI=1S/C17H23NO2/c1-11(2)12-5-4-6-13(7-12)16-8-17(9-16,10-16)14(18)15(19)20-3/h4-7,11,14H,8-10,18H2,1-3H3. The molecule has 20 heavy (non-hydrogen) atoms. The van der Waals surface area contributed by atoms with E-state index in [2.05, 4.69) is 38.1 Å². The lowest BCUT2D eigenvalue weighted by Gasteiger charge is -2.72. The molecule has 3 aliphatic rings. The highest BCUT2D eigenvalue weighted by molar-refractivity contribution is 5.77. The summed E-state index contributed by atoms with van der Waals surface area (Å²) in [6.45, 7) is 4.44. The molecule has 0 radical (unpaired) electrons. The van der Waals surface area contributed by atoms with Crippen molar-refractivity contribution >= 4 is 5.97 Å². The van der Waals surface area contributed by atoms with Crippen LogP contribution in [0, 0.1) is 5.41 Å². The number of esters is 1. The van der Waals surface area contributed by atoms with Crippen LogP contribution in [-0.2, 0) is 14.9 Å². The number of carbonyl (C=O) groups is 1. The van der Waals surface area contributed by atoms with Gasteiger partial charge in [0.2, 0.25) is 0 Å². The summed E-state index contributed by atoms with van der Waals surface area (Å²) in [6.07, 6.45) is 3.08. The Morgan fingerprint density at radius 1 is 1.30 bits per heavy atom. The summed E-state index contributed by atoms with van der Waals surface area (Å²) in [6, 6.07) is 8.44. The molecule has 0 heterocycles. The van der Waals surface area contributed by atoms with Gasteiger partial charge in [-0.05, 0) is 47.1 Å². The van der Waals surface area contributed by atoms with Gasteiger partial charge in [0.25, 0.3) is 0 Å². The topological polar surface area (TPSA) is 52.3 Å². The second kappa shape index (κ2) is 4.32. The van der Waals surface area contributed by atoms with Crippen LogP contribution < -0.4 is 5.73 Å². The lowest BCUT2D eigenvalue weighted by Crippen LogP contribution is -2.72. The van der Waals surface area contributed by atoms with Gasteiger partial charge in [-0.3, -0.25) is 4.79 Å². The third-order valence-corrected chi connectivity index (χ3v) is 5.35. The molecule has 108 valence electrons. The summed E-state index contributed by atoms with van der Waals surface area (Å²) in [4.78, 5) is 11.6. The SMILES string of the molecule is COC(=O)C(N)C12CC(c3cccc(C(C)C)c3)(C1)C2. The first-order chi connectivity index (χ1) is 9.42. The van der Waals surface area contributed by atoms with E-state index in [0.29, 0.717) is 5.92 Å². The van der Waals surface area contributed by atoms with Crippen LogP contribution in [0.1, 0.15) is 50.2 Å². The van der Waals surface area contributed by atoms with Crippen molar-refractivity contribution in [1.29, 1.82) is 0 Å². The van der Waals surface area contributed by atoms with E-state index in [0.717, 1.165) is 19.3 Å². The molecule has 4 rings (SSSR count). The minimum atomic E-state index is -0.456. The first-order valence-electron chi connectivity index (χ1n) is 7.36. The molecule has 0 saturated heterocycles. The average Bonchev–Trinajstić information content (AvgIpc) is 2.34. The van der Waals surface area contributed by atoms with E-state index < -0.39 is 6.04 Å². The molecule has 0 amide bonds. The predicted molar refractivity (Wildman–Crippen MR) is 78.5 cm³/mol. The first kappa shape index (κ1) is 13.6. The Hall–Kier alpha value is -1.35. The Kier molecular flexibility index (Phi) is 2.94. The fourth-order valence-electron chi connectivity index (χ4n) is 4.11. The molecule has 3 nitrogen and oxygen atoms in total. The van der Waals surface area contributed by atoms with Crippen LogP contribution in [0.5, 0.6) is 0 Å². The van der Waals surface area contributed by atoms with E-state index in [1.165, 1.54) is 18.2 Å². The molecular formula is C17H23NO2. The van der Waals surface area contributed by atoms with Gasteiger partial charge in [0.1, 0.15) is 6.04 Å². The average molecular weight is 273 g/mol. The number of hydrogen-bond acceptors (Lipinski definition) is 3. The van der Waals surface area contributed by atoms with Crippen LogP contribution in [-0.4, -0.2) is 19.1 Å². The van der Waals surface area contributed by atoms with Crippen LogP contribution >= 0.6 is 0 Å². The lowest BCUT2D eigenvalue weighted by atomic mass is 9.31. The molecule has 0 spiro atoms. The van der Waals surface area contributed by atoms with E-state index in [9.17, 15) is 4.79 Å². The Labute approximate surface area is 120 Å². The van der Waals surface area contributed by atoms with Crippen molar-refractivity contribution in [2.45, 2.75) is 50.5 Å². The Bertz CT molecular complexity index is 530. The summed E-state index contributed by atoms with van der Waals surface area (Å²) in [7, 11) is 1.41. The maximum atomic E-state index is 11.6. The van der Waals surface area contributed by atoms with Crippen molar-refractivity contribution in [3.63, 3.8) is 0 Å². The largest absolute Gasteiger partial charge is 0.468 e. The second-order valence-corrected chi connectivity index (χ2v) is 6.95. The summed E-state index contributed by atoms with van der Waals surface area (Å²) < 4.78 is 4.78. The normalized spacial score (nSPS) is 32.2. The molecule has 1 unspecified atom stereocenters. The zero-order valence-electron chi connectivity index (χ0n) is 12.5. The van der Waals surface area contributed by atoms with Crippen LogP contribution in [0.2, 0.25) is 0 Å². The zero-order chi connectivity index (χ0) is 14.5. The van der Waals surface area contributed by atoms with Gasteiger partial charge in [-0.25, -0.2) is 0 Å². The molecule has 3 fully saturated rings. The van der Waals surface area contributed by atoms with Crippen molar-refractivity contribution in [3.8, 4) is 0 Å². The van der Waals surface area contributed by atoms with Crippen LogP contribution in [0.25, 0.3) is 0 Å². The highest BCUT2D eigenvalue weighted by atomic mass is 16.5. The lowest BCUT2D eigenvalue weighted by molar-refractivity contribution is -0.181. The van der Waals surface area contributed by atoms with Gasteiger partial charge >= 0.3 is 5.97 Å². The van der Waals surface area contributed by atoms with Crippen molar-refractivity contribution in [2.75, 3.05) is 7.11 Å². The molecule has 3 aliphatic carbocycles. The Morgan fingerprint density at radius 3 is 2.50 bits per heavy atom. The number of methoxy groups -OCH3 is 1. The number of nitrogens with two attached hydrogens (primary N) is 1. The van der Waals surface area contributed by atoms with E-state index in [1.54, 1.807) is 0 Å². The smallest absolute Gasteiger partial charge is 0.323 e. The third-order valence-electron chi connectivity index (χ3n) is 5.35. The van der Waals surface area contributed by atoms with Crippen molar-refractivity contribution in [2.24, 2.45) is 11.1 Å². The van der Waals surface area contributed by atoms with Crippen molar-refractivity contribution in [1.82, 2.24) is 0 Å². The number of rotatable bonds is 4. The maximum Gasteiger partial charge on any atom is 0.323 e. The summed E-state index contributed by atoms with van der Waals surface area (Å²) in [5.41, 5.74) is 9.13. The Morgan fingerprint density at radius 2 is 1.95 bits per heavy atom. The highest BCUT2D eigenvalue weighted by Crippen LogP contribution is 2.74. The molecule has 0 aromatic heterocycles. The molecule has 2 N–H and O–H groups in total. The summed E-state index contributed by atoms with van der Waals surface area (Å²) >= 11 is 0. The van der Waals surface area contributed by atoms with Crippen LogP contribution in [0.4, 0.5) is 0 Å². The molecule has 2 bridgehead atoms. The second-order valence-electron chi connectivity index (χ2n) is 6.95. The minimum absolute atomic E-state index is 0.000921. The molecule has 1 aromatic rings. The van der Waals surface area contributed by atoms with Gasteiger partial charge in [0.05, 0.1) is 7.11 Å². The number of hydrogen-bond donors (Lipinski definition) is 1. The van der Waals surface area contributed by atoms with Crippen molar-refractivity contribution in [3.05, 3.63) is 35.4 Å². The van der Waals surface area contributed by atoms with E-state index >= 15 is 0 Å². The first-order valence-corrected chi connectivity index (χ1v) is 7.36. The molecule has 1 atom stereocenters. The molecule has 0 aliphatic heterocycles. The summed E-state index contributed by atoms with van der Waals surface area (Å²) in [5, 5.41) is 0. The number of ether oxygens (including phenoxy) is 1. The van der Waals surface area contributed by atoms with E-state index in [4.69, 9.17) is 10.5 Å². The van der Waals surface area contributed by atoms with E-state index in [-0.39, 0.29) is 16.8 Å². The monoisotopic (exact) mass is 273 g/mol. The Balaban J connectivity index is 1.75. The fraction of sp³-hybridized carbons (Fsp3) is 0.588.